The minimum absolute atomic E-state index is 0.113. The van der Waals surface area contributed by atoms with Gasteiger partial charge in [0.2, 0.25) is 0 Å². The first kappa shape index (κ1) is 15.0. The van der Waals surface area contributed by atoms with Crippen molar-refractivity contribution in [1.29, 1.82) is 0 Å². The summed E-state index contributed by atoms with van der Waals surface area (Å²) in [5, 5.41) is 10.1. The fourth-order valence-electron chi connectivity index (χ4n) is 1.75. The molecule has 0 aromatic heterocycles. The van der Waals surface area contributed by atoms with E-state index in [-0.39, 0.29) is 5.75 Å². The molecule has 2 aromatic rings. The molecule has 100 valence electrons. The number of hydrogen-bond donors (Lipinski definition) is 2. The molecular weight excluding hydrogens is 442 g/mol. The lowest BCUT2D eigenvalue weighted by molar-refractivity contribution is 0.0794. The molecule has 0 spiro atoms. The lowest BCUT2D eigenvalue weighted by Crippen LogP contribution is -2.11. The lowest BCUT2D eigenvalue weighted by atomic mass is 10.0. The molecule has 0 amide bonds. The second-order valence-corrected chi connectivity index (χ2v) is 6.58. The van der Waals surface area contributed by atoms with Crippen molar-refractivity contribution in [2.45, 2.75) is 6.10 Å². The van der Waals surface area contributed by atoms with E-state index in [1.165, 1.54) is 0 Å². The van der Waals surface area contributed by atoms with E-state index in [9.17, 15) is 5.11 Å². The Balaban J connectivity index is 2.50. The number of nitrogens with two attached hydrogens (primary N) is 1. The van der Waals surface area contributed by atoms with E-state index in [1.54, 1.807) is 12.1 Å². The van der Waals surface area contributed by atoms with Gasteiger partial charge in [-0.3, -0.25) is 4.84 Å². The molecule has 0 aliphatic carbocycles. The van der Waals surface area contributed by atoms with Crippen molar-refractivity contribution in [3.63, 3.8) is 0 Å². The zero-order valence-electron chi connectivity index (χ0n) is 9.61. The third kappa shape index (κ3) is 3.38. The first-order valence-corrected chi connectivity index (χ1v) is 7.69. The van der Waals surface area contributed by atoms with Crippen LogP contribution in [0, 0.1) is 0 Å². The van der Waals surface area contributed by atoms with Gasteiger partial charge in [-0.1, -0.05) is 44.0 Å². The Hall–Kier alpha value is -0.400. The molecule has 1 unspecified atom stereocenters. The Morgan fingerprint density at radius 1 is 1.00 bits per heavy atom. The number of aromatic hydroxyl groups is 1. The molecule has 0 bridgehead atoms. The van der Waals surface area contributed by atoms with Crippen LogP contribution in [-0.4, -0.2) is 5.11 Å². The maximum Gasteiger partial charge on any atom is 0.136 e. The standard InChI is InChI=1S/C13H10Br3NO2/c14-8-3-1-7(2-4-8)13(19-17)10-5-9(15)6-11(16)12(10)18/h1-6,13,18H,17H2. The molecule has 0 saturated carbocycles. The van der Waals surface area contributed by atoms with Gasteiger partial charge in [-0.15, -0.1) is 0 Å². The summed E-state index contributed by atoms with van der Waals surface area (Å²) in [4.78, 5) is 5.04. The van der Waals surface area contributed by atoms with Crippen LogP contribution in [-0.2, 0) is 4.84 Å². The molecule has 0 radical (unpaired) electrons. The summed E-state index contributed by atoms with van der Waals surface area (Å²) < 4.78 is 2.37. The normalized spacial score (nSPS) is 12.4. The fraction of sp³-hybridized carbons (Fsp3) is 0.0769. The van der Waals surface area contributed by atoms with Gasteiger partial charge in [-0.2, -0.15) is 0 Å². The third-order valence-corrected chi connectivity index (χ3v) is 4.24. The zero-order valence-corrected chi connectivity index (χ0v) is 14.4. The van der Waals surface area contributed by atoms with Gasteiger partial charge in [0.15, 0.2) is 0 Å². The van der Waals surface area contributed by atoms with Gasteiger partial charge in [0.05, 0.1) is 4.47 Å². The molecule has 0 heterocycles. The van der Waals surface area contributed by atoms with Gasteiger partial charge in [0.25, 0.3) is 0 Å². The largest absolute Gasteiger partial charge is 0.506 e. The van der Waals surface area contributed by atoms with Crippen molar-refractivity contribution in [1.82, 2.24) is 0 Å². The first-order valence-electron chi connectivity index (χ1n) is 5.32. The van der Waals surface area contributed by atoms with Crippen molar-refractivity contribution < 1.29 is 9.94 Å². The number of phenols is 1. The average Bonchev–Trinajstić information content (AvgIpc) is 2.38. The Bertz CT molecular complexity index is 587. The number of halogens is 3. The predicted octanol–water partition coefficient (Wildman–Crippen LogP) is 4.66. The number of benzene rings is 2. The van der Waals surface area contributed by atoms with Crippen LogP contribution < -0.4 is 5.90 Å². The van der Waals surface area contributed by atoms with Gasteiger partial charge in [-0.25, -0.2) is 5.90 Å². The maximum absolute atomic E-state index is 10.1. The van der Waals surface area contributed by atoms with E-state index >= 15 is 0 Å². The van der Waals surface area contributed by atoms with Crippen LogP contribution >= 0.6 is 47.8 Å². The van der Waals surface area contributed by atoms with E-state index in [4.69, 9.17) is 10.7 Å². The van der Waals surface area contributed by atoms with Crippen LogP contribution in [0.2, 0.25) is 0 Å². The number of hydrogen-bond acceptors (Lipinski definition) is 3. The lowest BCUT2D eigenvalue weighted by Gasteiger charge is -2.18. The van der Waals surface area contributed by atoms with Crippen LogP contribution in [0.15, 0.2) is 49.8 Å². The predicted molar refractivity (Wildman–Crippen MR) is 84.8 cm³/mol. The third-order valence-electron chi connectivity index (χ3n) is 2.65. The molecule has 0 aliphatic heterocycles. The Morgan fingerprint density at radius 3 is 2.21 bits per heavy atom. The highest BCUT2D eigenvalue weighted by Gasteiger charge is 2.20. The summed E-state index contributed by atoms with van der Waals surface area (Å²) in [5.41, 5.74) is 1.44. The van der Waals surface area contributed by atoms with Gasteiger partial charge < -0.3 is 5.11 Å². The molecule has 19 heavy (non-hydrogen) atoms. The topological polar surface area (TPSA) is 55.5 Å². The van der Waals surface area contributed by atoms with Crippen molar-refractivity contribution in [2.75, 3.05) is 0 Å². The van der Waals surface area contributed by atoms with Crippen LogP contribution in [0.25, 0.3) is 0 Å². The summed E-state index contributed by atoms with van der Waals surface area (Å²) in [5.74, 6) is 5.50. The van der Waals surface area contributed by atoms with E-state index in [1.807, 2.05) is 24.3 Å². The second kappa shape index (κ2) is 6.37. The summed E-state index contributed by atoms with van der Waals surface area (Å²) in [6.45, 7) is 0. The van der Waals surface area contributed by atoms with Crippen LogP contribution in [0.5, 0.6) is 5.75 Å². The maximum atomic E-state index is 10.1. The summed E-state index contributed by atoms with van der Waals surface area (Å²) in [7, 11) is 0. The van der Waals surface area contributed by atoms with Gasteiger partial charge in [0.1, 0.15) is 11.9 Å². The van der Waals surface area contributed by atoms with Gasteiger partial charge in [-0.05, 0) is 45.8 Å². The molecule has 3 N–H and O–H groups in total. The number of phenolic OH excluding ortho intramolecular Hbond substituents is 1. The minimum atomic E-state index is -0.540. The molecule has 0 aliphatic rings. The molecule has 3 nitrogen and oxygen atoms in total. The molecule has 1 atom stereocenters. The highest BCUT2D eigenvalue weighted by molar-refractivity contribution is 9.11. The smallest absolute Gasteiger partial charge is 0.136 e. The number of rotatable bonds is 3. The van der Waals surface area contributed by atoms with Gasteiger partial charge >= 0.3 is 0 Å². The quantitative estimate of drug-likeness (QED) is 0.667. The van der Waals surface area contributed by atoms with E-state index in [0.29, 0.717) is 10.0 Å². The first-order chi connectivity index (χ1) is 9.02. The second-order valence-electron chi connectivity index (χ2n) is 3.89. The average molecular weight is 452 g/mol. The van der Waals surface area contributed by atoms with Crippen molar-refractivity contribution >= 4 is 47.8 Å². The molecule has 6 heteroatoms. The van der Waals surface area contributed by atoms with Crippen molar-refractivity contribution in [3.05, 3.63) is 60.9 Å². The van der Waals surface area contributed by atoms with Crippen LogP contribution in [0.4, 0.5) is 0 Å². The molecule has 0 fully saturated rings. The molecule has 2 aromatic carbocycles. The van der Waals surface area contributed by atoms with Crippen molar-refractivity contribution in [3.8, 4) is 5.75 Å². The highest BCUT2D eigenvalue weighted by atomic mass is 79.9. The fourth-order valence-corrected chi connectivity index (χ4v) is 3.28. The monoisotopic (exact) mass is 449 g/mol. The Kier molecular flexibility index (Phi) is 5.03. The molecular formula is C13H10Br3NO2. The Labute approximate surface area is 136 Å². The zero-order chi connectivity index (χ0) is 14.0. The van der Waals surface area contributed by atoms with Gasteiger partial charge in [0, 0.05) is 14.5 Å². The SMILES string of the molecule is NOC(c1ccc(Br)cc1)c1cc(Br)cc(Br)c1O. The summed E-state index contributed by atoms with van der Waals surface area (Å²) in [6.07, 6.45) is -0.540. The van der Waals surface area contributed by atoms with Crippen LogP contribution in [0.1, 0.15) is 17.2 Å². The Morgan fingerprint density at radius 2 is 1.63 bits per heavy atom. The van der Waals surface area contributed by atoms with E-state index < -0.39 is 6.10 Å². The summed E-state index contributed by atoms with van der Waals surface area (Å²) >= 11 is 10.1. The highest BCUT2D eigenvalue weighted by Crippen LogP contribution is 2.38. The molecule has 2 rings (SSSR count). The van der Waals surface area contributed by atoms with E-state index in [0.717, 1.165) is 14.5 Å². The molecule has 0 saturated heterocycles. The minimum Gasteiger partial charge on any atom is -0.506 e. The van der Waals surface area contributed by atoms with Crippen molar-refractivity contribution in [2.24, 2.45) is 5.90 Å². The van der Waals surface area contributed by atoms with Crippen LogP contribution in [0.3, 0.4) is 0 Å². The summed E-state index contributed by atoms with van der Waals surface area (Å²) in [6, 6.07) is 11.1. The van der Waals surface area contributed by atoms with E-state index in [2.05, 4.69) is 47.8 Å².